The van der Waals surface area contributed by atoms with Crippen molar-refractivity contribution in [1.82, 2.24) is 0 Å². The van der Waals surface area contributed by atoms with Gasteiger partial charge in [-0.2, -0.15) is 0 Å². The van der Waals surface area contributed by atoms with Crippen LogP contribution in [0, 0.1) is 13.8 Å². The summed E-state index contributed by atoms with van der Waals surface area (Å²) in [7, 11) is -3.39. The molecule has 0 spiro atoms. The van der Waals surface area contributed by atoms with E-state index in [-0.39, 0.29) is 16.7 Å². The smallest absolute Gasteiger partial charge is 0.184 e. The van der Waals surface area contributed by atoms with Crippen LogP contribution >= 0.6 is 0 Å². The molecule has 1 atom stereocenters. The summed E-state index contributed by atoms with van der Waals surface area (Å²) in [6.45, 7) is 3.29. The minimum absolute atomic E-state index is 0.0706. The van der Waals surface area contributed by atoms with E-state index >= 15 is 0 Å². The van der Waals surface area contributed by atoms with E-state index in [1.807, 2.05) is 25.1 Å². The van der Waals surface area contributed by atoms with Crippen molar-refractivity contribution >= 4 is 28.8 Å². The zero-order valence-corrected chi connectivity index (χ0v) is 34.6. The van der Waals surface area contributed by atoms with Gasteiger partial charge >= 0.3 is 0 Å². The molecule has 10 rings (SSSR count). The van der Waals surface area contributed by atoms with Crippen molar-refractivity contribution in [3.8, 4) is 34.1 Å². The Balaban J connectivity index is 1.32. The van der Waals surface area contributed by atoms with E-state index in [1.54, 1.807) is 13.0 Å². The van der Waals surface area contributed by atoms with Gasteiger partial charge in [-0.25, -0.2) is 0 Å². The maximum absolute atomic E-state index is 10.2. The molecule has 1 saturated carbocycles. The van der Waals surface area contributed by atoms with Crippen molar-refractivity contribution in [3.05, 3.63) is 191 Å². The van der Waals surface area contributed by atoms with Crippen molar-refractivity contribution in [1.29, 1.82) is 0 Å². The SMILES string of the molecule is [2H]C([2H])([2H])c1ccc2c(c1)Oc1c(ccc(C)c1-c1cc([Si](c3ccccc3)(c3ccccc3)c3cccc4c3Oc3ccccc3C4(C)C)ccc1C1([2H])CCCC1)C2(C)C([2H])([2H])[2H]. The van der Waals surface area contributed by atoms with Crippen molar-refractivity contribution in [2.24, 2.45) is 0 Å². The Bertz CT molecular complexity index is 2950. The summed E-state index contributed by atoms with van der Waals surface area (Å²) >= 11 is 0. The number of benzene rings is 7. The molecule has 0 saturated heterocycles. The Hall–Kier alpha value is -5.64. The van der Waals surface area contributed by atoms with Crippen LogP contribution in [0.5, 0.6) is 23.0 Å². The number of aryl methyl sites for hydroxylation is 2. The average Bonchev–Trinajstić information content (AvgIpc) is 3.74. The minimum atomic E-state index is -3.39. The standard InChI is InChI=1S/C55H52O2Si/c1-36-28-32-45-49(34-36)57-53-47(55(45,5)6)33-29-37(2)51(53)43-35-41(30-31-42(43)38-18-13-14-19-38)58(39-20-9-7-10-21-39,40-22-11-8-12-23-40)50-27-17-25-46-52(50)56-48-26-16-15-24-44(48)54(46,3)4/h7-12,15-17,20-35,38H,13-14,18-19H2,1-6H3/i1D3,5D3,38D. The summed E-state index contributed by atoms with van der Waals surface area (Å²) < 4.78 is 76.3. The molecular formula is C55H52O2Si. The highest BCUT2D eigenvalue weighted by Gasteiger charge is 2.47. The van der Waals surface area contributed by atoms with Gasteiger partial charge in [0.05, 0.1) is 0 Å². The molecule has 3 heteroatoms. The van der Waals surface area contributed by atoms with Gasteiger partial charge in [0.1, 0.15) is 23.0 Å². The summed E-state index contributed by atoms with van der Waals surface area (Å²) in [6, 6.07) is 51.5. The highest BCUT2D eigenvalue weighted by atomic mass is 28.3. The van der Waals surface area contributed by atoms with E-state index in [9.17, 15) is 1.37 Å². The Kier molecular flexibility index (Phi) is 7.00. The maximum atomic E-state index is 10.2. The van der Waals surface area contributed by atoms with Gasteiger partial charge in [0.15, 0.2) is 8.07 Å². The van der Waals surface area contributed by atoms with E-state index < -0.39 is 33.1 Å². The molecule has 0 bridgehead atoms. The van der Waals surface area contributed by atoms with E-state index in [0.29, 0.717) is 35.3 Å². The number of rotatable bonds is 6. The molecule has 0 radical (unpaired) electrons. The van der Waals surface area contributed by atoms with Gasteiger partial charge in [-0.3, -0.25) is 0 Å². The van der Waals surface area contributed by atoms with Gasteiger partial charge in [0.25, 0.3) is 0 Å². The molecule has 0 N–H and O–H groups in total. The molecule has 1 unspecified atom stereocenters. The molecule has 0 amide bonds. The second kappa shape index (κ2) is 13.7. The lowest BCUT2D eigenvalue weighted by Gasteiger charge is -2.41. The Morgan fingerprint density at radius 3 is 1.95 bits per heavy atom. The number of para-hydroxylation sites is 2. The van der Waals surface area contributed by atoms with Crippen LogP contribution in [0.3, 0.4) is 0 Å². The van der Waals surface area contributed by atoms with Gasteiger partial charge in [-0.15, -0.1) is 0 Å². The van der Waals surface area contributed by atoms with Crippen LogP contribution in [0.2, 0.25) is 0 Å². The molecule has 7 aromatic carbocycles. The second-order valence-electron chi connectivity index (χ2n) is 17.0. The molecule has 0 aromatic heterocycles. The van der Waals surface area contributed by atoms with Crippen molar-refractivity contribution in [3.63, 3.8) is 0 Å². The topological polar surface area (TPSA) is 18.5 Å². The van der Waals surface area contributed by atoms with Crippen LogP contribution in [0.15, 0.2) is 152 Å². The highest BCUT2D eigenvalue weighted by Crippen LogP contribution is 2.54. The first-order valence-electron chi connectivity index (χ1n) is 24.1. The van der Waals surface area contributed by atoms with Crippen LogP contribution in [-0.4, -0.2) is 8.07 Å². The molecule has 1 fully saturated rings. The molecule has 58 heavy (non-hydrogen) atoms. The lowest BCUT2D eigenvalue weighted by Crippen LogP contribution is -2.75. The van der Waals surface area contributed by atoms with E-state index in [1.165, 1.54) is 12.1 Å². The lowest BCUT2D eigenvalue weighted by atomic mass is 9.73. The molecule has 1 aliphatic carbocycles. The normalized spacial score (nSPS) is 20.7. The van der Waals surface area contributed by atoms with Crippen LogP contribution in [0.25, 0.3) is 11.1 Å². The minimum Gasteiger partial charge on any atom is -0.457 e. The monoisotopic (exact) mass is 779 g/mol. The molecular weight excluding hydrogens is 721 g/mol. The quantitative estimate of drug-likeness (QED) is 0.124. The first-order valence-corrected chi connectivity index (χ1v) is 22.6. The largest absolute Gasteiger partial charge is 0.457 e. The maximum Gasteiger partial charge on any atom is 0.184 e. The first kappa shape index (κ1) is 29.6. The summed E-state index contributed by atoms with van der Waals surface area (Å²) in [5, 5.41) is 4.48. The molecule has 2 aliphatic heterocycles. The fourth-order valence-electron chi connectivity index (χ4n) is 10.3. The lowest BCUT2D eigenvalue weighted by molar-refractivity contribution is 0.419. The van der Waals surface area contributed by atoms with Crippen molar-refractivity contribution < 1.29 is 19.1 Å². The average molecular weight is 780 g/mol. The predicted molar refractivity (Wildman–Crippen MR) is 243 cm³/mol. The van der Waals surface area contributed by atoms with Gasteiger partial charge in [0.2, 0.25) is 0 Å². The Labute approximate surface area is 355 Å². The first-order chi connectivity index (χ1) is 30.9. The summed E-state index contributed by atoms with van der Waals surface area (Å²) in [5.41, 5.74) is 4.54. The van der Waals surface area contributed by atoms with Crippen LogP contribution in [0.4, 0.5) is 0 Å². The predicted octanol–water partition coefficient (Wildman–Crippen LogP) is 11.9. The summed E-state index contributed by atoms with van der Waals surface area (Å²) in [6.07, 6.45) is 3.21. The number of ether oxygens (including phenoxy) is 2. The zero-order chi connectivity index (χ0) is 45.7. The van der Waals surface area contributed by atoms with Gasteiger partial charge in [-0.05, 0) is 87.6 Å². The van der Waals surface area contributed by atoms with E-state index in [4.69, 9.17) is 17.7 Å². The summed E-state index contributed by atoms with van der Waals surface area (Å²) in [5.74, 6) is 1.36. The number of fused-ring (bicyclic) bond motifs is 4. The molecule has 288 valence electrons. The molecule has 2 heterocycles. The van der Waals surface area contributed by atoms with Gasteiger partial charge in [0, 0.05) is 48.2 Å². The van der Waals surface area contributed by atoms with Crippen LogP contribution < -0.4 is 30.2 Å². The second-order valence-corrected chi connectivity index (χ2v) is 20.8. The highest BCUT2D eigenvalue weighted by molar-refractivity contribution is 7.20. The van der Waals surface area contributed by atoms with E-state index in [2.05, 4.69) is 129 Å². The summed E-state index contributed by atoms with van der Waals surface area (Å²) in [4.78, 5) is 0. The number of hydrogen-bond donors (Lipinski definition) is 0. The van der Waals surface area contributed by atoms with Gasteiger partial charge < -0.3 is 9.47 Å². The van der Waals surface area contributed by atoms with Gasteiger partial charge in [-0.1, -0.05) is 180 Å². The Morgan fingerprint density at radius 2 is 1.22 bits per heavy atom. The fraction of sp³-hybridized carbons (Fsp3) is 0.236. The third kappa shape index (κ3) is 5.50. The molecule has 3 aliphatic rings. The van der Waals surface area contributed by atoms with Crippen LogP contribution in [0.1, 0.15) is 108 Å². The Morgan fingerprint density at radius 1 is 0.586 bits per heavy atom. The van der Waals surface area contributed by atoms with Crippen LogP contribution in [-0.2, 0) is 10.8 Å². The zero-order valence-electron chi connectivity index (χ0n) is 40.6. The number of hydrogen-bond acceptors (Lipinski definition) is 2. The van der Waals surface area contributed by atoms with Crippen molar-refractivity contribution in [2.45, 2.75) is 83.8 Å². The fourth-order valence-corrected chi connectivity index (χ4v) is 15.1. The van der Waals surface area contributed by atoms with Crippen molar-refractivity contribution in [2.75, 3.05) is 0 Å². The molecule has 2 nitrogen and oxygen atoms in total. The molecule has 7 aromatic rings. The third-order valence-corrected chi connectivity index (χ3v) is 18.0. The third-order valence-electron chi connectivity index (χ3n) is 13.2. The van der Waals surface area contributed by atoms with E-state index in [0.717, 1.165) is 72.9 Å².